The van der Waals surface area contributed by atoms with Gasteiger partial charge in [0, 0.05) is 12.8 Å². The van der Waals surface area contributed by atoms with E-state index in [0.29, 0.717) is 19.4 Å². The van der Waals surface area contributed by atoms with Crippen molar-refractivity contribution in [2.45, 2.75) is 410 Å². The second kappa shape index (κ2) is 67.8. The van der Waals surface area contributed by atoms with Crippen molar-refractivity contribution in [1.82, 2.24) is 5.32 Å². The molecule has 0 spiro atoms. The van der Waals surface area contributed by atoms with E-state index >= 15 is 0 Å². The lowest BCUT2D eigenvalue weighted by atomic mass is 9.99. The summed E-state index contributed by atoms with van der Waals surface area (Å²) in [5.74, 6) is -0.182. The summed E-state index contributed by atoms with van der Waals surface area (Å²) in [6, 6.07) is -0.834. The first-order valence-electron chi connectivity index (χ1n) is 38.6. The van der Waals surface area contributed by atoms with Gasteiger partial charge in [0.1, 0.15) is 24.4 Å². The molecule has 90 heavy (non-hydrogen) atoms. The van der Waals surface area contributed by atoms with Crippen LogP contribution in [-0.4, -0.2) is 100 Å². The predicted octanol–water partition coefficient (Wildman–Crippen LogP) is 20.5. The molecule has 1 saturated heterocycles. The van der Waals surface area contributed by atoms with Gasteiger partial charge >= 0.3 is 5.97 Å². The monoisotopic (exact) mass is 1270 g/mol. The van der Waals surface area contributed by atoms with E-state index in [1.54, 1.807) is 6.08 Å². The fourth-order valence-corrected chi connectivity index (χ4v) is 12.0. The van der Waals surface area contributed by atoms with Crippen LogP contribution in [0.25, 0.3) is 0 Å². The van der Waals surface area contributed by atoms with Crippen molar-refractivity contribution in [2.75, 3.05) is 19.8 Å². The first-order valence-corrected chi connectivity index (χ1v) is 38.6. The summed E-state index contributed by atoms with van der Waals surface area (Å²) in [7, 11) is 0. The van der Waals surface area contributed by atoms with E-state index in [4.69, 9.17) is 14.2 Å². The van der Waals surface area contributed by atoms with Crippen LogP contribution in [0.3, 0.4) is 0 Å². The Morgan fingerprint density at radius 2 is 0.756 bits per heavy atom. The lowest BCUT2D eigenvalue weighted by Gasteiger charge is -2.40. The number of carbonyl (C=O) groups excluding carboxylic acids is 2. The lowest BCUT2D eigenvalue weighted by molar-refractivity contribution is -0.302. The normalized spacial score (nSPS) is 18.0. The van der Waals surface area contributed by atoms with Crippen LogP contribution in [0.2, 0.25) is 0 Å². The van der Waals surface area contributed by atoms with Gasteiger partial charge in [-0.05, 0) is 89.9 Å². The Bertz CT molecular complexity index is 1680. The molecule has 6 N–H and O–H groups in total. The Balaban J connectivity index is 1.97. The number of unbranched alkanes of at least 4 members (excludes halogenated alkanes) is 46. The topological polar surface area (TPSA) is 175 Å². The van der Waals surface area contributed by atoms with Crippen LogP contribution in [0.15, 0.2) is 60.8 Å². The average molecular weight is 1270 g/mol. The molecule has 0 aliphatic carbocycles. The quantitative estimate of drug-likeness (QED) is 0.0195. The number of carbonyl (C=O) groups is 2. The number of hydrogen-bond acceptors (Lipinski definition) is 10. The van der Waals surface area contributed by atoms with Gasteiger partial charge in [0.05, 0.1) is 32.0 Å². The average Bonchev–Trinajstić information content (AvgIpc) is 2.63. The minimum absolute atomic E-state index is 0.0106. The number of aliphatic hydroxyl groups excluding tert-OH is 5. The van der Waals surface area contributed by atoms with Gasteiger partial charge < -0.3 is 45.1 Å². The van der Waals surface area contributed by atoms with Crippen molar-refractivity contribution < 1.29 is 49.3 Å². The third kappa shape index (κ3) is 55.8. The van der Waals surface area contributed by atoms with Crippen molar-refractivity contribution in [3.05, 3.63) is 60.8 Å². The van der Waals surface area contributed by atoms with Gasteiger partial charge in [-0.3, -0.25) is 9.59 Å². The Morgan fingerprint density at radius 1 is 0.411 bits per heavy atom. The molecule has 526 valence electrons. The molecule has 0 saturated carbocycles. The van der Waals surface area contributed by atoms with Crippen molar-refractivity contribution in [3.8, 4) is 0 Å². The maximum absolute atomic E-state index is 13.1. The smallest absolute Gasteiger partial charge is 0.305 e. The highest BCUT2D eigenvalue weighted by atomic mass is 16.7. The van der Waals surface area contributed by atoms with E-state index in [-0.39, 0.29) is 18.5 Å². The third-order valence-electron chi connectivity index (χ3n) is 18.1. The molecule has 0 radical (unpaired) electrons. The van der Waals surface area contributed by atoms with Crippen LogP contribution in [0.1, 0.15) is 367 Å². The van der Waals surface area contributed by atoms with Gasteiger partial charge in [0.2, 0.25) is 5.91 Å². The van der Waals surface area contributed by atoms with Crippen LogP contribution in [-0.2, 0) is 23.8 Å². The predicted molar refractivity (Wildman–Crippen MR) is 380 cm³/mol. The van der Waals surface area contributed by atoms with E-state index < -0.39 is 49.5 Å². The molecule has 1 aliphatic rings. The van der Waals surface area contributed by atoms with E-state index in [9.17, 15) is 35.1 Å². The molecule has 1 fully saturated rings. The molecule has 0 aromatic rings. The maximum atomic E-state index is 13.1. The molecule has 11 nitrogen and oxygen atoms in total. The molecule has 0 aromatic heterocycles. The van der Waals surface area contributed by atoms with E-state index in [2.05, 4.69) is 67.8 Å². The molecule has 0 bridgehead atoms. The number of rotatable bonds is 68. The number of ether oxygens (including phenoxy) is 3. The van der Waals surface area contributed by atoms with Gasteiger partial charge in [-0.1, -0.05) is 325 Å². The van der Waals surface area contributed by atoms with Crippen molar-refractivity contribution in [3.63, 3.8) is 0 Å². The minimum Gasteiger partial charge on any atom is -0.466 e. The van der Waals surface area contributed by atoms with Crippen LogP contribution >= 0.6 is 0 Å². The molecule has 1 rings (SSSR count). The van der Waals surface area contributed by atoms with Crippen LogP contribution in [0, 0.1) is 0 Å². The molecule has 1 amide bonds. The highest BCUT2D eigenvalue weighted by Gasteiger charge is 2.44. The first-order chi connectivity index (χ1) is 44.2. The highest BCUT2D eigenvalue weighted by molar-refractivity contribution is 5.76. The largest absolute Gasteiger partial charge is 0.466 e. The van der Waals surface area contributed by atoms with Crippen LogP contribution in [0.4, 0.5) is 0 Å². The van der Waals surface area contributed by atoms with Crippen LogP contribution in [0.5, 0.6) is 0 Å². The molecule has 11 heteroatoms. The molecule has 7 atom stereocenters. The summed E-state index contributed by atoms with van der Waals surface area (Å²) in [6.07, 6.45) is 80.9. The lowest BCUT2D eigenvalue weighted by Crippen LogP contribution is -2.60. The SMILES string of the molecule is CCCCCCC/C=C/CC/C=C/CC/C=C/C(O)C(COC1OC(CO)C(O)C(O)C1O)NC(=O)CCCCCCCCCCCCCCCCCCC/C=C\C/C=C\CCCCCCCCCCCCCOC(=O)CCCCCCCCCCCCCC. The van der Waals surface area contributed by atoms with Crippen LogP contribution < -0.4 is 5.32 Å². The summed E-state index contributed by atoms with van der Waals surface area (Å²) in [5.41, 5.74) is 0. The molecule has 0 aromatic carbocycles. The highest BCUT2D eigenvalue weighted by Crippen LogP contribution is 2.23. The zero-order valence-corrected chi connectivity index (χ0v) is 58.6. The molecule has 7 unspecified atom stereocenters. The summed E-state index contributed by atoms with van der Waals surface area (Å²) in [6.45, 7) is 4.35. The number of amides is 1. The first kappa shape index (κ1) is 85.4. The molecular weight excluding hydrogens is 1120 g/mol. The molecule has 1 aliphatic heterocycles. The Kier molecular flexibility index (Phi) is 64.3. The second-order valence-electron chi connectivity index (χ2n) is 26.7. The fraction of sp³-hybridized carbons (Fsp3) is 0.848. The molecular formula is C79H145NO10. The Hall–Kier alpha value is -2.64. The summed E-state index contributed by atoms with van der Waals surface area (Å²) < 4.78 is 16.7. The summed E-state index contributed by atoms with van der Waals surface area (Å²) in [4.78, 5) is 25.1. The van der Waals surface area contributed by atoms with E-state index in [0.717, 1.165) is 70.6 Å². The summed E-state index contributed by atoms with van der Waals surface area (Å²) >= 11 is 0. The van der Waals surface area contributed by atoms with Crippen molar-refractivity contribution >= 4 is 11.9 Å². The van der Waals surface area contributed by atoms with E-state index in [1.807, 2.05) is 6.08 Å². The molecule has 1 heterocycles. The maximum Gasteiger partial charge on any atom is 0.305 e. The van der Waals surface area contributed by atoms with E-state index in [1.165, 1.54) is 270 Å². The second-order valence-corrected chi connectivity index (χ2v) is 26.7. The zero-order valence-electron chi connectivity index (χ0n) is 58.6. The van der Waals surface area contributed by atoms with Gasteiger partial charge in [0.15, 0.2) is 6.29 Å². The zero-order chi connectivity index (χ0) is 65.1. The number of nitrogens with one attached hydrogen (secondary N) is 1. The standard InChI is InChI=1S/C79H145NO10/c1-3-5-7-9-11-13-15-17-39-42-45-49-53-57-61-65-72(82)71(70-89-79-78(87)77(86)76(85)73(69-81)90-79)80-74(83)66-62-58-54-50-46-43-40-37-35-33-31-29-27-25-23-21-19-18-20-22-24-26-28-30-32-34-36-38-41-44-48-52-56-60-64-68-88-75(84)67-63-59-55-51-47-16-14-12-10-8-6-4-2/h15,17,20,22,26,28,45,49,61,65,71-73,76-79,81-82,85-87H,3-14,16,18-19,21,23-25,27,29-44,46-48,50-60,62-64,66-70H2,1-2H3,(H,80,83)/b17-15+,22-20-,28-26-,49-45+,65-61+. The third-order valence-corrected chi connectivity index (χ3v) is 18.1. The Morgan fingerprint density at radius 3 is 1.17 bits per heavy atom. The van der Waals surface area contributed by atoms with Gasteiger partial charge in [-0.25, -0.2) is 0 Å². The van der Waals surface area contributed by atoms with Gasteiger partial charge in [-0.15, -0.1) is 0 Å². The minimum atomic E-state index is -1.58. The van der Waals surface area contributed by atoms with Crippen molar-refractivity contribution in [2.24, 2.45) is 0 Å². The summed E-state index contributed by atoms with van der Waals surface area (Å²) in [5, 5.41) is 54.6. The number of aliphatic hydroxyl groups is 5. The fourth-order valence-electron chi connectivity index (χ4n) is 12.0. The Labute approximate surface area is 554 Å². The number of esters is 1. The van der Waals surface area contributed by atoms with Gasteiger partial charge in [-0.2, -0.15) is 0 Å². The number of hydrogen-bond donors (Lipinski definition) is 6. The number of allylic oxidation sites excluding steroid dienone is 9. The van der Waals surface area contributed by atoms with Crippen molar-refractivity contribution in [1.29, 1.82) is 0 Å². The van der Waals surface area contributed by atoms with Gasteiger partial charge in [0.25, 0.3) is 0 Å².